The summed E-state index contributed by atoms with van der Waals surface area (Å²) in [5, 5.41) is 6.74. The summed E-state index contributed by atoms with van der Waals surface area (Å²) in [6, 6.07) is 9.54. The molecule has 1 aromatic carbocycles. The Hall–Kier alpha value is -2.34. The average Bonchev–Trinajstić information content (AvgIpc) is 3.14. The van der Waals surface area contributed by atoms with Crippen molar-refractivity contribution < 1.29 is 14.3 Å². The minimum absolute atomic E-state index is 0.0616. The lowest BCUT2D eigenvalue weighted by Gasteiger charge is -2.29. The monoisotopic (exact) mass is 387 g/mol. The van der Waals surface area contributed by atoms with Crippen LogP contribution in [0, 0.1) is 0 Å². The first-order valence-electron chi connectivity index (χ1n) is 10.1. The number of nitrogens with zero attached hydrogens (tertiary/aromatic N) is 2. The fourth-order valence-electron chi connectivity index (χ4n) is 3.22. The Morgan fingerprint density at radius 1 is 1.21 bits per heavy atom. The first-order valence-corrected chi connectivity index (χ1v) is 10.1. The molecule has 1 aromatic rings. The lowest BCUT2D eigenvalue weighted by Crippen LogP contribution is -2.44. The number of hydrogen-bond acceptors (Lipinski definition) is 4. The van der Waals surface area contributed by atoms with Crippen LogP contribution in [0.4, 0.5) is 4.79 Å². The van der Waals surface area contributed by atoms with Gasteiger partial charge in [-0.3, -0.25) is 9.80 Å². The molecule has 1 fully saturated rings. The van der Waals surface area contributed by atoms with Crippen molar-refractivity contribution in [1.82, 2.24) is 15.3 Å². The number of alkyl carbamates (subject to hydrolysis) is 1. The Morgan fingerprint density at radius 3 is 2.43 bits per heavy atom. The molecule has 0 bridgehead atoms. The molecule has 0 radical (unpaired) electrons. The number of nitrogens with one attached hydrogen (secondary N) is 1. The highest BCUT2D eigenvalue weighted by Crippen LogP contribution is 2.12. The smallest absolute Gasteiger partial charge is 0.408 e. The minimum Gasteiger partial charge on any atom is -0.444 e. The predicted molar refractivity (Wildman–Crippen MR) is 111 cm³/mol. The van der Waals surface area contributed by atoms with Crippen LogP contribution in [-0.2, 0) is 16.0 Å². The highest BCUT2D eigenvalue weighted by Gasteiger charge is 2.22. The zero-order valence-corrected chi connectivity index (χ0v) is 17.5. The van der Waals surface area contributed by atoms with Gasteiger partial charge in [-0.2, -0.15) is 0 Å². The van der Waals surface area contributed by atoms with Gasteiger partial charge in [0.25, 0.3) is 5.91 Å². The number of likely N-dealkylation sites (N-methyl/N-ethyl adjacent to an activating group) is 1. The molecule has 154 valence electrons. The van der Waals surface area contributed by atoms with E-state index in [-0.39, 0.29) is 11.9 Å². The van der Waals surface area contributed by atoms with Crippen molar-refractivity contribution in [2.45, 2.75) is 58.6 Å². The van der Waals surface area contributed by atoms with Gasteiger partial charge in [-0.1, -0.05) is 36.4 Å². The van der Waals surface area contributed by atoms with Crippen LogP contribution >= 0.6 is 0 Å². The van der Waals surface area contributed by atoms with Crippen LogP contribution in [0.15, 0.2) is 42.5 Å². The van der Waals surface area contributed by atoms with Crippen LogP contribution in [0.2, 0.25) is 0 Å². The molecule has 2 amide bonds. The van der Waals surface area contributed by atoms with E-state index in [0.717, 1.165) is 31.5 Å². The van der Waals surface area contributed by atoms with Gasteiger partial charge in [0.1, 0.15) is 5.60 Å². The van der Waals surface area contributed by atoms with Crippen molar-refractivity contribution in [3.8, 4) is 0 Å². The maximum atomic E-state index is 12.7. The zero-order chi connectivity index (χ0) is 20.6. The number of hydrogen-bond donors (Lipinski definition) is 1. The summed E-state index contributed by atoms with van der Waals surface area (Å²) in [5.41, 5.74) is 0.503. The Labute approximate surface area is 168 Å². The summed E-state index contributed by atoms with van der Waals surface area (Å²) < 4.78 is 5.38. The van der Waals surface area contributed by atoms with Crippen molar-refractivity contribution in [2.24, 2.45) is 0 Å². The third kappa shape index (κ3) is 7.35. The van der Waals surface area contributed by atoms with Gasteiger partial charge in [0.05, 0.1) is 6.04 Å². The van der Waals surface area contributed by atoms with E-state index in [9.17, 15) is 9.59 Å². The van der Waals surface area contributed by atoms with Crippen LogP contribution in [0.5, 0.6) is 0 Å². The maximum Gasteiger partial charge on any atom is 0.408 e. The third-order valence-corrected chi connectivity index (χ3v) is 4.45. The van der Waals surface area contributed by atoms with Gasteiger partial charge < -0.3 is 10.1 Å². The molecule has 1 aliphatic heterocycles. The van der Waals surface area contributed by atoms with E-state index in [0.29, 0.717) is 13.0 Å². The van der Waals surface area contributed by atoms with Gasteiger partial charge in [-0.25, -0.2) is 9.80 Å². The first kappa shape index (κ1) is 22.0. The summed E-state index contributed by atoms with van der Waals surface area (Å²) in [5.74, 6) is -0.0616. The molecular formula is C22H33N3O3. The molecule has 1 N–H and O–H groups in total. The highest BCUT2D eigenvalue weighted by atomic mass is 16.6. The van der Waals surface area contributed by atoms with Crippen LogP contribution < -0.4 is 5.32 Å². The van der Waals surface area contributed by atoms with Crippen LogP contribution in [0.25, 0.3) is 0 Å². The van der Waals surface area contributed by atoms with Crippen molar-refractivity contribution in [3.05, 3.63) is 48.0 Å². The standard InChI is InChI=1S/C22H33N3O3/c1-5-25(24-15-9-10-16-24)20(26)14-13-19(17-18-11-7-6-8-12-18)23-21(27)28-22(2,3)4/h6-8,11-14,19H,5,9-10,15-17H2,1-4H3,(H,23,27)/t19-/m0/s1. The Kier molecular flexibility index (Phi) is 8.05. The summed E-state index contributed by atoms with van der Waals surface area (Å²) in [4.78, 5) is 24.9. The average molecular weight is 388 g/mol. The normalized spacial score (nSPS) is 16.1. The highest BCUT2D eigenvalue weighted by molar-refractivity contribution is 5.87. The molecule has 6 heteroatoms. The fourth-order valence-corrected chi connectivity index (χ4v) is 3.22. The summed E-state index contributed by atoms with van der Waals surface area (Å²) >= 11 is 0. The molecule has 1 heterocycles. The van der Waals surface area contributed by atoms with Gasteiger partial charge in [0.2, 0.25) is 0 Å². The Morgan fingerprint density at radius 2 is 1.86 bits per heavy atom. The number of amides is 2. The van der Waals surface area contributed by atoms with Crippen LogP contribution in [0.1, 0.15) is 46.1 Å². The lowest BCUT2D eigenvalue weighted by molar-refractivity contribution is -0.141. The molecule has 0 aliphatic carbocycles. The van der Waals surface area contributed by atoms with Gasteiger partial charge >= 0.3 is 6.09 Å². The molecule has 0 aromatic heterocycles. The van der Waals surface area contributed by atoms with Crippen molar-refractivity contribution in [3.63, 3.8) is 0 Å². The second kappa shape index (κ2) is 10.3. The van der Waals surface area contributed by atoms with Gasteiger partial charge in [0, 0.05) is 25.7 Å². The molecule has 0 spiro atoms. The summed E-state index contributed by atoms with van der Waals surface area (Å²) in [7, 11) is 0. The second-order valence-electron chi connectivity index (χ2n) is 8.02. The number of ether oxygens (including phenoxy) is 1. The predicted octanol–water partition coefficient (Wildman–Crippen LogP) is 3.54. The topological polar surface area (TPSA) is 61.9 Å². The maximum absolute atomic E-state index is 12.7. The van der Waals surface area contributed by atoms with E-state index in [2.05, 4.69) is 10.3 Å². The minimum atomic E-state index is -0.574. The summed E-state index contributed by atoms with van der Waals surface area (Å²) in [6.45, 7) is 9.92. The van der Waals surface area contributed by atoms with Crippen molar-refractivity contribution >= 4 is 12.0 Å². The largest absolute Gasteiger partial charge is 0.444 e. The Bertz CT molecular complexity index is 661. The van der Waals surface area contributed by atoms with Gasteiger partial charge in [-0.05, 0) is 52.5 Å². The number of rotatable bonds is 7. The molecule has 6 nitrogen and oxygen atoms in total. The molecule has 1 atom stereocenters. The molecule has 28 heavy (non-hydrogen) atoms. The first-order chi connectivity index (χ1) is 13.3. The lowest BCUT2D eigenvalue weighted by atomic mass is 10.1. The van der Waals surface area contributed by atoms with Gasteiger partial charge in [-0.15, -0.1) is 0 Å². The van der Waals surface area contributed by atoms with E-state index in [1.165, 1.54) is 0 Å². The number of carbonyl (C=O) groups is 2. The molecular weight excluding hydrogens is 354 g/mol. The Balaban J connectivity index is 2.07. The molecule has 0 saturated carbocycles. The van der Waals surface area contributed by atoms with Gasteiger partial charge in [0.15, 0.2) is 0 Å². The van der Waals surface area contributed by atoms with Crippen LogP contribution in [-0.4, -0.2) is 53.3 Å². The number of carbonyl (C=O) groups excluding carboxylic acids is 2. The molecule has 2 rings (SSSR count). The number of hydrazine groups is 1. The molecule has 1 aliphatic rings. The third-order valence-electron chi connectivity index (χ3n) is 4.45. The summed E-state index contributed by atoms with van der Waals surface area (Å²) in [6.07, 6.45) is 5.65. The SMILES string of the molecule is CCN(C(=O)C=C[C@@H](Cc1ccccc1)NC(=O)OC(C)(C)C)N1CCCC1. The molecule has 0 unspecified atom stereocenters. The van der Waals surface area contributed by atoms with E-state index in [4.69, 9.17) is 4.74 Å². The quantitative estimate of drug-likeness (QED) is 0.727. The molecule has 1 saturated heterocycles. The fraction of sp³-hybridized carbons (Fsp3) is 0.545. The second-order valence-corrected chi connectivity index (χ2v) is 8.02. The van der Waals surface area contributed by atoms with E-state index in [1.54, 1.807) is 17.2 Å². The van der Waals surface area contributed by atoms with Crippen LogP contribution in [0.3, 0.4) is 0 Å². The van der Waals surface area contributed by atoms with E-state index in [1.807, 2.05) is 58.0 Å². The van der Waals surface area contributed by atoms with E-state index >= 15 is 0 Å². The van der Waals surface area contributed by atoms with Crippen molar-refractivity contribution in [2.75, 3.05) is 19.6 Å². The van der Waals surface area contributed by atoms with Crippen molar-refractivity contribution in [1.29, 1.82) is 0 Å². The zero-order valence-electron chi connectivity index (χ0n) is 17.5. The van der Waals surface area contributed by atoms with E-state index < -0.39 is 11.7 Å². The number of benzene rings is 1.